The van der Waals surface area contributed by atoms with E-state index in [4.69, 9.17) is 4.74 Å². The molecule has 0 fully saturated rings. The summed E-state index contributed by atoms with van der Waals surface area (Å²) in [6.07, 6.45) is 1.44. The Morgan fingerprint density at radius 2 is 1.93 bits per heavy atom. The minimum Gasteiger partial charge on any atom is -0.383 e. The van der Waals surface area contributed by atoms with Crippen LogP contribution in [0.4, 0.5) is 10.2 Å². The summed E-state index contributed by atoms with van der Waals surface area (Å²) >= 11 is 3.31. The maximum absolute atomic E-state index is 13.2. The highest BCUT2D eigenvalue weighted by molar-refractivity contribution is 9.10. The SMILES string of the molecule is COCCN(C(=O)c1ccc(=O)n(-c2ccc(F)cc2)c1)c1cccc(Br)n1. The van der Waals surface area contributed by atoms with Crippen LogP contribution in [0.15, 0.2) is 70.2 Å². The van der Waals surface area contributed by atoms with Gasteiger partial charge in [-0.05, 0) is 58.4 Å². The average molecular weight is 446 g/mol. The summed E-state index contributed by atoms with van der Waals surface area (Å²) in [5, 5.41) is 0. The van der Waals surface area contributed by atoms with E-state index in [-0.39, 0.29) is 18.0 Å². The maximum Gasteiger partial charge on any atom is 0.261 e. The molecule has 0 bridgehead atoms. The smallest absolute Gasteiger partial charge is 0.261 e. The van der Waals surface area contributed by atoms with Gasteiger partial charge in [0.25, 0.3) is 11.5 Å². The van der Waals surface area contributed by atoms with Crippen molar-refractivity contribution in [3.05, 3.63) is 87.1 Å². The van der Waals surface area contributed by atoms with Crippen LogP contribution in [-0.4, -0.2) is 35.7 Å². The third-order valence-corrected chi connectivity index (χ3v) is 4.45. The summed E-state index contributed by atoms with van der Waals surface area (Å²) in [6, 6.07) is 13.5. The van der Waals surface area contributed by atoms with E-state index in [9.17, 15) is 14.0 Å². The van der Waals surface area contributed by atoms with Crippen LogP contribution < -0.4 is 10.5 Å². The van der Waals surface area contributed by atoms with Gasteiger partial charge < -0.3 is 4.74 Å². The molecule has 1 amide bonds. The third kappa shape index (κ3) is 4.52. The maximum atomic E-state index is 13.2. The first kappa shape index (κ1) is 19.9. The van der Waals surface area contributed by atoms with Crippen LogP contribution >= 0.6 is 15.9 Å². The number of hydrogen-bond acceptors (Lipinski definition) is 4. The lowest BCUT2D eigenvalue weighted by molar-refractivity contribution is 0.0974. The predicted octanol–water partition coefficient (Wildman–Crippen LogP) is 3.43. The van der Waals surface area contributed by atoms with Crippen molar-refractivity contribution in [2.75, 3.05) is 25.2 Å². The molecule has 0 aliphatic rings. The van der Waals surface area contributed by atoms with Gasteiger partial charge in [0.2, 0.25) is 0 Å². The molecule has 0 saturated heterocycles. The van der Waals surface area contributed by atoms with Gasteiger partial charge >= 0.3 is 0 Å². The van der Waals surface area contributed by atoms with Crippen molar-refractivity contribution < 1.29 is 13.9 Å². The van der Waals surface area contributed by atoms with Gasteiger partial charge in [0.05, 0.1) is 18.7 Å². The lowest BCUT2D eigenvalue weighted by Gasteiger charge is -2.22. The molecule has 2 aromatic heterocycles. The number of nitrogens with zero attached hydrogens (tertiary/aromatic N) is 3. The average Bonchev–Trinajstić information content (AvgIpc) is 2.69. The zero-order valence-electron chi connectivity index (χ0n) is 15.0. The largest absolute Gasteiger partial charge is 0.383 e. The van der Waals surface area contributed by atoms with Crippen LogP contribution in [0.3, 0.4) is 0 Å². The zero-order chi connectivity index (χ0) is 20.1. The summed E-state index contributed by atoms with van der Waals surface area (Å²) in [5.74, 6) is -0.287. The fourth-order valence-electron chi connectivity index (χ4n) is 2.62. The molecule has 0 N–H and O–H groups in total. The summed E-state index contributed by atoms with van der Waals surface area (Å²) in [5.41, 5.74) is 0.430. The number of carbonyl (C=O) groups is 1. The van der Waals surface area contributed by atoms with E-state index in [1.807, 2.05) is 0 Å². The van der Waals surface area contributed by atoms with Gasteiger partial charge in [-0.3, -0.25) is 19.1 Å². The molecule has 6 nitrogen and oxygen atoms in total. The van der Waals surface area contributed by atoms with Crippen molar-refractivity contribution in [1.82, 2.24) is 9.55 Å². The Morgan fingerprint density at radius 3 is 2.61 bits per heavy atom. The summed E-state index contributed by atoms with van der Waals surface area (Å²) in [4.78, 5) is 31.2. The number of carbonyl (C=O) groups excluding carboxylic acids is 1. The highest BCUT2D eigenvalue weighted by Gasteiger charge is 2.20. The van der Waals surface area contributed by atoms with Crippen molar-refractivity contribution in [3.8, 4) is 5.69 Å². The quantitative estimate of drug-likeness (QED) is 0.545. The fourth-order valence-corrected chi connectivity index (χ4v) is 2.96. The Morgan fingerprint density at radius 1 is 1.18 bits per heavy atom. The monoisotopic (exact) mass is 445 g/mol. The predicted molar refractivity (Wildman–Crippen MR) is 107 cm³/mol. The van der Waals surface area contributed by atoms with E-state index in [0.717, 1.165) is 0 Å². The molecule has 0 atom stereocenters. The van der Waals surface area contributed by atoms with Gasteiger partial charge in [-0.2, -0.15) is 0 Å². The zero-order valence-corrected chi connectivity index (χ0v) is 16.6. The van der Waals surface area contributed by atoms with Crippen LogP contribution in [0.5, 0.6) is 0 Å². The molecule has 144 valence electrons. The Hall–Kier alpha value is -2.84. The van der Waals surface area contributed by atoms with Crippen LogP contribution in [0.25, 0.3) is 5.69 Å². The molecular weight excluding hydrogens is 429 g/mol. The van der Waals surface area contributed by atoms with Crippen molar-refractivity contribution in [2.45, 2.75) is 0 Å². The number of rotatable bonds is 6. The third-order valence-electron chi connectivity index (χ3n) is 4.00. The van der Waals surface area contributed by atoms with Gasteiger partial charge in [-0.1, -0.05) is 6.07 Å². The Labute approximate surface area is 169 Å². The van der Waals surface area contributed by atoms with E-state index < -0.39 is 5.82 Å². The van der Waals surface area contributed by atoms with Crippen molar-refractivity contribution in [3.63, 3.8) is 0 Å². The first-order chi connectivity index (χ1) is 13.5. The lowest BCUT2D eigenvalue weighted by atomic mass is 10.2. The lowest BCUT2D eigenvalue weighted by Crippen LogP contribution is -2.35. The van der Waals surface area contributed by atoms with Crippen LogP contribution in [0.1, 0.15) is 10.4 Å². The van der Waals surface area contributed by atoms with Crippen LogP contribution in [-0.2, 0) is 4.74 Å². The summed E-state index contributed by atoms with van der Waals surface area (Å²) in [7, 11) is 1.55. The molecule has 2 heterocycles. The second-order valence-corrected chi connectivity index (χ2v) is 6.68. The summed E-state index contributed by atoms with van der Waals surface area (Å²) < 4.78 is 20.2. The van der Waals surface area contributed by atoms with Crippen molar-refractivity contribution >= 4 is 27.7 Å². The van der Waals surface area contributed by atoms with Gasteiger partial charge in [0.1, 0.15) is 16.2 Å². The number of methoxy groups -OCH3 is 1. The first-order valence-electron chi connectivity index (χ1n) is 8.41. The van der Waals surface area contributed by atoms with Gasteiger partial charge in [0.15, 0.2) is 0 Å². The molecule has 0 spiro atoms. The Bertz CT molecular complexity index is 1040. The second kappa shape index (κ2) is 8.90. The molecule has 8 heteroatoms. The normalized spacial score (nSPS) is 10.7. The number of pyridine rings is 2. The Balaban J connectivity index is 2.00. The minimum absolute atomic E-state index is 0.286. The van der Waals surface area contributed by atoms with Crippen molar-refractivity contribution in [1.29, 1.82) is 0 Å². The van der Waals surface area contributed by atoms with Crippen LogP contribution in [0, 0.1) is 5.82 Å². The molecule has 3 aromatic rings. The number of halogens is 2. The highest BCUT2D eigenvalue weighted by Crippen LogP contribution is 2.18. The Kier molecular flexibility index (Phi) is 6.33. The number of hydrogen-bond donors (Lipinski definition) is 0. The van der Waals surface area contributed by atoms with Gasteiger partial charge in [-0.25, -0.2) is 9.37 Å². The number of aromatic nitrogens is 2. The van der Waals surface area contributed by atoms with E-state index in [1.54, 1.807) is 25.3 Å². The molecule has 0 aliphatic carbocycles. The number of anilines is 1. The molecule has 28 heavy (non-hydrogen) atoms. The highest BCUT2D eigenvalue weighted by atomic mass is 79.9. The number of ether oxygens (including phenoxy) is 1. The second-order valence-electron chi connectivity index (χ2n) is 5.87. The van der Waals surface area contributed by atoms with E-state index in [1.165, 1.54) is 52.1 Å². The topological polar surface area (TPSA) is 64.4 Å². The fraction of sp³-hybridized carbons (Fsp3) is 0.150. The first-order valence-corrected chi connectivity index (χ1v) is 9.21. The molecule has 3 rings (SSSR count). The number of amides is 1. The van der Waals surface area contributed by atoms with E-state index in [2.05, 4.69) is 20.9 Å². The molecule has 0 aliphatic heterocycles. The van der Waals surface area contributed by atoms with Gasteiger partial charge in [-0.15, -0.1) is 0 Å². The minimum atomic E-state index is -0.407. The molecule has 1 aromatic carbocycles. The summed E-state index contributed by atoms with van der Waals surface area (Å²) in [6.45, 7) is 0.603. The van der Waals surface area contributed by atoms with Gasteiger partial charge in [0, 0.05) is 25.1 Å². The van der Waals surface area contributed by atoms with E-state index >= 15 is 0 Å². The molecule has 0 radical (unpaired) electrons. The molecule has 0 saturated carbocycles. The van der Waals surface area contributed by atoms with Crippen LogP contribution in [0.2, 0.25) is 0 Å². The molecular formula is C20H17BrFN3O3. The van der Waals surface area contributed by atoms with Crippen molar-refractivity contribution in [2.24, 2.45) is 0 Å². The molecule has 0 unspecified atom stereocenters. The standard InChI is InChI=1S/C20H17BrFN3O3/c1-28-12-11-24(18-4-2-3-17(21)23-18)20(27)14-5-10-19(26)25(13-14)16-8-6-15(22)7-9-16/h2-10,13H,11-12H2,1H3. The number of benzene rings is 1. The van der Waals surface area contributed by atoms with E-state index in [0.29, 0.717) is 28.3 Å².